The first-order chi connectivity index (χ1) is 12.9. The van der Waals surface area contributed by atoms with Crippen molar-refractivity contribution in [3.05, 3.63) is 42.3 Å². The lowest BCUT2D eigenvalue weighted by Gasteiger charge is -2.40. The van der Waals surface area contributed by atoms with Crippen LogP contribution in [0, 0.1) is 5.92 Å². The number of aromatic nitrogens is 2. The summed E-state index contributed by atoms with van der Waals surface area (Å²) in [4.78, 5) is 15.5. The molecule has 1 aromatic heterocycles. The summed E-state index contributed by atoms with van der Waals surface area (Å²) in [5.41, 5.74) is 3.61. The number of methoxy groups -OCH3 is 1. The van der Waals surface area contributed by atoms with E-state index >= 15 is 0 Å². The van der Waals surface area contributed by atoms with Gasteiger partial charge < -0.3 is 20.3 Å². The van der Waals surface area contributed by atoms with Gasteiger partial charge in [-0.15, -0.1) is 0 Å². The number of hydrogen-bond donors (Lipinski definition) is 2. The van der Waals surface area contributed by atoms with Crippen LogP contribution in [-0.2, 0) is 4.74 Å². The zero-order valence-electron chi connectivity index (χ0n) is 15.1. The van der Waals surface area contributed by atoms with E-state index in [-0.39, 0.29) is 12.1 Å². The van der Waals surface area contributed by atoms with E-state index in [0.29, 0.717) is 6.04 Å². The van der Waals surface area contributed by atoms with Crippen LogP contribution in [0.2, 0.25) is 0 Å². The number of aliphatic imine (C=N–C) groups is 1. The Balaban J connectivity index is 1.51. The van der Waals surface area contributed by atoms with Crippen molar-refractivity contribution in [1.82, 2.24) is 25.5 Å². The van der Waals surface area contributed by atoms with E-state index in [1.807, 2.05) is 18.6 Å². The van der Waals surface area contributed by atoms with Crippen molar-refractivity contribution < 1.29 is 4.74 Å². The summed E-state index contributed by atoms with van der Waals surface area (Å²) in [6.07, 6.45) is 14.0. The van der Waals surface area contributed by atoms with Gasteiger partial charge in [-0.05, 0) is 24.5 Å². The van der Waals surface area contributed by atoms with E-state index in [4.69, 9.17) is 4.74 Å². The summed E-state index contributed by atoms with van der Waals surface area (Å²) >= 11 is 0. The smallest absolute Gasteiger partial charge is 0.130 e. The van der Waals surface area contributed by atoms with Crippen molar-refractivity contribution in [3.8, 4) is 0 Å². The van der Waals surface area contributed by atoms with Crippen LogP contribution in [0.25, 0.3) is 5.57 Å². The Morgan fingerprint density at radius 3 is 3.08 bits per heavy atom. The average Bonchev–Trinajstić information content (AvgIpc) is 3.13. The predicted molar refractivity (Wildman–Crippen MR) is 101 cm³/mol. The molecule has 1 fully saturated rings. The van der Waals surface area contributed by atoms with Gasteiger partial charge in [0, 0.05) is 68.9 Å². The summed E-state index contributed by atoms with van der Waals surface area (Å²) in [6, 6.07) is 0.499. The molecular weight excluding hydrogens is 328 g/mol. The Labute approximate surface area is 154 Å². The fraction of sp³-hybridized carbons (Fsp3) is 0.526. The highest BCUT2D eigenvalue weighted by Crippen LogP contribution is 2.39. The lowest BCUT2D eigenvalue weighted by molar-refractivity contribution is 0.177. The molecule has 3 unspecified atom stereocenters. The van der Waals surface area contributed by atoms with Gasteiger partial charge in [0.05, 0.1) is 12.5 Å². The minimum absolute atomic E-state index is 0.0621. The van der Waals surface area contributed by atoms with Crippen LogP contribution < -0.4 is 10.6 Å². The Kier molecular flexibility index (Phi) is 5.26. The van der Waals surface area contributed by atoms with Gasteiger partial charge >= 0.3 is 0 Å². The van der Waals surface area contributed by atoms with E-state index in [9.17, 15) is 0 Å². The zero-order valence-corrected chi connectivity index (χ0v) is 15.1. The van der Waals surface area contributed by atoms with Crippen molar-refractivity contribution in [2.45, 2.75) is 25.0 Å². The van der Waals surface area contributed by atoms with Gasteiger partial charge in [0.2, 0.25) is 0 Å². The number of hydrogen-bond acceptors (Lipinski definition) is 7. The third-order valence-electron chi connectivity index (χ3n) is 5.29. The maximum Gasteiger partial charge on any atom is 0.130 e. The molecule has 7 nitrogen and oxygen atoms in total. The van der Waals surface area contributed by atoms with E-state index in [1.54, 1.807) is 13.4 Å². The summed E-state index contributed by atoms with van der Waals surface area (Å²) < 4.78 is 5.16. The number of nitrogens with zero attached hydrogens (tertiary/aromatic N) is 4. The van der Waals surface area contributed by atoms with Crippen LogP contribution in [-0.4, -0.2) is 66.6 Å². The quantitative estimate of drug-likeness (QED) is 0.744. The number of piperidine rings is 1. The molecule has 26 heavy (non-hydrogen) atoms. The summed E-state index contributed by atoms with van der Waals surface area (Å²) in [5, 5.41) is 7.03. The Bertz CT molecular complexity index is 701. The maximum atomic E-state index is 5.16. The first-order valence-electron chi connectivity index (χ1n) is 9.29. The molecule has 0 spiro atoms. The molecule has 3 atom stereocenters. The highest BCUT2D eigenvalue weighted by molar-refractivity contribution is 5.79. The number of rotatable bonds is 6. The van der Waals surface area contributed by atoms with Crippen LogP contribution in [0.3, 0.4) is 0 Å². The second kappa shape index (κ2) is 7.97. The molecule has 3 aliphatic rings. The summed E-state index contributed by atoms with van der Waals surface area (Å²) in [5.74, 6) is 0.212. The van der Waals surface area contributed by atoms with Crippen molar-refractivity contribution >= 4 is 11.8 Å². The van der Waals surface area contributed by atoms with Crippen LogP contribution in [0.15, 0.2) is 41.7 Å². The zero-order chi connectivity index (χ0) is 17.8. The summed E-state index contributed by atoms with van der Waals surface area (Å²) in [6.45, 7) is 3.76. The first-order valence-corrected chi connectivity index (χ1v) is 9.29. The Morgan fingerprint density at radius 2 is 2.23 bits per heavy atom. The molecule has 1 saturated heterocycles. The van der Waals surface area contributed by atoms with Gasteiger partial charge in [0.15, 0.2) is 0 Å². The van der Waals surface area contributed by atoms with Gasteiger partial charge in [-0.1, -0.05) is 0 Å². The first kappa shape index (κ1) is 17.2. The lowest BCUT2D eigenvalue weighted by Crippen LogP contribution is -2.48. The molecule has 0 aromatic carbocycles. The highest BCUT2D eigenvalue weighted by atomic mass is 16.5. The topological polar surface area (TPSA) is 74.7 Å². The average molecular weight is 354 g/mol. The number of nitrogens with one attached hydrogen (secondary N) is 2. The second-order valence-electron chi connectivity index (χ2n) is 6.94. The molecule has 0 saturated carbocycles. The SMILES string of the molecule is COCCNC1CCCN(C2=CC=NC3NC=C(c4cncnc4)C23)C1. The number of likely N-dealkylation sites (tertiary alicyclic amines) is 1. The van der Waals surface area contributed by atoms with E-state index in [2.05, 4.69) is 42.8 Å². The monoisotopic (exact) mass is 354 g/mol. The van der Waals surface area contributed by atoms with Crippen LogP contribution >= 0.6 is 0 Å². The van der Waals surface area contributed by atoms with Crippen LogP contribution in [0.4, 0.5) is 0 Å². The molecule has 138 valence electrons. The van der Waals surface area contributed by atoms with Gasteiger partial charge in [0.25, 0.3) is 0 Å². The number of dihydropyridines is 1. The number of allylic oxidation sites excluding steroid dienone is 1. The van der Waals surface area contributed by atoms with Crippen LogP contribution in [0.1, 0.15) is 18.4 Å². The van der Waals surface area contributed by atoms with E-state index < -0.39 is 0 Å². The molecule has 4 rings (SSSR count). The molecule has 7 heteroatoms. The standard InChI is InChI=1S/C19H26N6O/c1-26-8-6-22-15-3-2-7-25(12-15)17-4-5-23-19-18(17)16(11-24-19)14-9-20-13-21-10-14/h4-5,9-11,13,15,18-19,22,24H,2-3,6-8,12H2,1H3. The lowest BCUT2D eigenvalue weighted by atomic mass is 9.88. The molecule has 2 N–H and O–H groups in total. The third-order valence-corrected chi connectivity index (χ3v) is 5.29. The Morgan fingerprint density at radius 1 is 1.35 bits per heavy atom. The van der Waals surface area contributed by atoms with Gasteiger partial charge in [0.1, 0.15) is 12.5 Å². The van der Waals surface area contributed by atoms with E-state index in [1.165, 1.54) is 24.1 Å². The van der Waals surface area contributed by atoms with E-state index in [0.717, 1.165) is 31.8 Å². The minimum Gasteiger partial charge on any atom is -0.383 e. The Hall–Kier alpha value is -2.25. The van der Waals surface area contributed by atoms with Crippen molar-refractivity contribution in [1.29, 1.82) is 0 Å². The molecule has 0 radical (unpaired) electrons. The highest BCUT2D eigenvalue weighted by Gasteiger charge is 2.38. The minimum atomic E-state index is 0.0621. The normalized spacial score (nSPS) is 27.6. The third kappa shape index (κ3) is 3.50. The molecule has 0 bridgehead atoms. The van der Waals surface area contributed by atoms with Crippen molar-refractivity contribution in [2.75, 3.05) is 33.4 Å². The largest absolute Gasteiger partial charge is 0.383 e. The molecule has 0 amide bonds. The molecule has 3 aliphatic heterocycles. The molecule has 1 aromatic rings. The fourth-order valence-electron chi connectivity index (χ4n) is 4.05. The maximum absolute atomic E-state index is 5.16. The van der Waals surface area contributed by atoms with Crippen LogP contribution in [0.5, 0.6) is 0 Å². The molecule has 0 aliphatic carbocycles. The van der Waals surface area contributed by atoms with Crippen molar-refractivity contribution in [2.24, 2.45) is 10.9 Å². The van der Waals surface area contributed by atoms with Gasteiger partial charge in [-0.2, -0.15) is 0 Å². The predicted octanol–water partition coefficient (Wildman–Crippen LogP) is 1.03. The van der Waals surface area contributed by atoms with Gasteiger partial charge in [-0.25, -0.2) is 9.97 Å². The molecular formula is C19H26N6O. The number of ether oxygens (including phenoxy) is 1. The molecule has 4 heterocycles. The fourth-order valence-corrected chi connectivity index (χ4v) is 4.05. The van der Waals surface area contributed by atoms with Gasteiger partial charge in [-0.3, -0.25) is 4.99 Å². The summed E-state index contributed by atoms with van der Waals surface area (Å²) in [7, 11) is 1.75. The second-order valence-corrected chi connectivity index (χ2v) is 6.94. The number of fused-ring (bicyclic) bond motifs is 1. The van der Waals surface area contributed by atoms with Crippen molar-refractivity contribution in [3.63, 3.8) is 0 Å².